The summed E-state index contributed by atoms with van der Waals surface area (Å²) in [6, 6.07) is 7.51. The molecule has 0 bridgehead atoms. The summed E-state index contributed by atoms with van der Waals surface area (Å²) in [5.41, 5.74) is 6.75. The first kappa shape index (κ1) is 15.5. The smallest absolute Gasteiger partial charge is 0.178 e. The molecule has 20 heavy (non-hydrogen) atoms. The molecule has 0 fully saturated rings. The molecular weight excluding hydrogens is 272 g/mol. The summed E-state index contributed by atoms with van der Waals surface area (Å²) in [6.45, 7) is 5.73. The van der Waals surface area contributed by atoms with Gasteiger partial charge in [0, 0.05) is 12.6 Å². The van der Waals surface area contributed by atoms with Crippen molar-refractivity contribution in [2.24, 2.45) is 11.1 Å². The van der Waals surface area contributed by atoms with Gasteiger partial charge < -0.3 is 5.73 Å². The molecule has 1 heterocycles. The third-order valence-electron chi connectivity index (χ3n) is 4.04. The van der Waals surface area contributed by atoms with Crippen molar-refractivity contribution in [1.82, 2.24) is 4.90 Å². The van der Waals surface area contributed by atoms with Crippen molar-refractivity contribution in [2.75, 3.05) is 25.9 Å². The van der Waals surface area contributed by atoms with Crippen LogP contribution < -0.4 is 5.73 Å². The summed E-state index contributed by atoms with van der Waals surface area (Å²) in [6.07, 6.45) is 0.649. The molecule has 5 heteroatoms. The number of rotatable bonds is 4. The number of sulfone groups is 1. The zero-order valence-electron chi connectivity index (χ0n) is 12.5. The second-order valence-corrected chi connectivity index (χ2v) is 8.52. The first-order chi connectivity index (χ1) is 9.27. The minimum Gasteiger partial charge on any atom is -0.330 e. The van der Waals surface area contributed by atoms with Crippen molar-refractivity contribution >= 4 is 9.84 Å². The van der Waals surface area contributed by atoms with Crippen LogP contribution in [0.15, 0.2) is 29.2 Å². The quantitative estimate of drug-likeness (QED) is 0.920. The highest BCUT2D eigenvalue weighted by Crippen LogP contribution is 2.36. The number of fused-ring (bicyclic) bond motifs is 1. The summed E-state index contributed by atoms with van der Waals surface area (Å²) >= 11 is 0. The third kappa shape index (κ3) is 3.05. The van der Waals surface area contributed by atoms with Gasteiger partial charge >= 0.3 is 0 Å². The van der Waals surface area contributed by atoms with Gasteiger partial charge in [-0.3, -0.25) is 4.90 Å². The van der Waals surface area contributed by atoms with E-state index >= 15 is 0 Å². The SMILES string of the molecule is CN(CC(C)(C)CN)C1CCS(=O)(=O)c2ccccc21. The highest BCUT2D eigenvalue weighted by atomic mass is 32.2. The lowest BCUT2D eigenvalue weighted by Gasteiger charge is -2.37. The van der Waals surface area contributed by atoms with Crippen molar-refractivity contribution in [3.8, 4) is 0 Å². The van der Waals surface area contributed by atoms with Crippen LogP contribution in [0.5, 0.6) is 0 Å². The predicted molar refractivity (Wildman–Crippen MR) is 81.3 cm³/mol. The molecule has 0 saturated carbocycles. The fraction of sp³-hybridized carbons (Fsp3) is 0.600. The third-order valence-corrected chi connectivity index (χ3v) is 5.85. The van der Waals surface area contributed by atoms with Crippen LogP contribution in [0.1, 0.15) is 31.9 Å². The zero-order valence-corrected chi connectivity index (χ0v) is 13.3. The molecule has 0 saturated heterocycles. The molecule has 1 atom stereocenters. The maximum atomic E-state index is 12.1. The van der Waals surface area contributed by atoms with Crippen LogP contribution in [0.25, 0.3) is 0 Å². The van der Waals surface area contributed by atoms with Crippen LogP contribution in [-0.4, -0.2) is 39.2 Å². The van der Waals surface area contributed by atoms with Crippen LogP contribution in [0, 0.1) is 5.41 Å². The van der Waals surface area contributed by atoms with E-state index < -0.39 is 9.84 Å². The number of hydrogen-bond donors (Lipinski definition) is 1. The summed E-state index contributed by atoms with van der Waals surface area (Å²) in [7, 11) is -1.06. The molecule has 2 rings (SSSR count). The van der Waals surface area contributed by atoms with E-state index in [1.165, 1.54) is 0 Å². The average molecular weight is 296 g/mol. The maximum absolute atomic E-state index is 12.1. The van der Waals surface area contributed by atoms with E-state index in [1.807, 2.05) is 12.1 Å². The zero-order chi connectivity index (χ0) is 15.0. The van der Waals surface area contributed by atoms with E-state index in [9.17, 15) is 8.42 Å². The molecule has 0 aliphatic carbocycles. The lowest BCUT2D eigenvalue weighted by Crippen LogP contribution is -2.40. The summed E-state index contributed by atoms with van der Waals surface area (Å²) in [5, 5.41) is 0. The number of hydrogen-bond acceptors (Lipinski definition) is 4. The van der Waals surface area contributed by atoms with Gasteiger partial charge in [-0.25, -0.2) is 8.42 Å². The van der Waals surface area contributed by atoms with E-state index in [0.717, 1.165) is 12.1 Å². The summed E-state index contributed by atoms with van der Waals surface area (Å²) < 4.78 is 24.3. The fourth-order valence-corrected chi connectivity index (χ4v) is 4.48. The van der Waals surface area contributed by atoms with Gasteiger partial charge in [-0.15, -0.1) is 0 Å². The van der Waals surface area contributed by atoms with E-state index in [0.29, 0.717) is 17.9 Å². The second-order valence-electron chi connectivity index (χ2n) is 6.44. The Kier molecular flexibility index (Phi) is 4.23. The molecule has 0 aromatic heterocycles. The van der Waals surface area contributed by atoms with Crippen LogP contribution in [-0.2, 0) is 9.84 Å². The molecule has 0 radical (unpaired) electrons. The van der Waals surface area contributed by atoms with Crippen molar-refractivity contribution < 1.29 is 8.42 Å². The first-order valence-electron chi connectivity index (χ1n) is 6.99. The first-order valence-corrected chi connectivity index (χ1v) is 8.64. The van der Waals surface area contributed by atoms with E-state index in [2.05, 4.69) is 25.8 Å². The number of nitrogens with zero attached hydrogens (tertiary/aromatic N) is 1. The van der Waals surface area contributed by atoms with Crippen molar-refractivity contribution in [2.45, 2.75) is 31.2 Å². The van der Waals surface area contributed by atoms with Gasteiger partial charge in [0.25, 0.3) is 0 Å². The van der Waals surface area contributed by atoms with Gasteiger partial charge in [0.2, 0.25) is 0 Å². The Bertz CT molecular complexity index is 581. The van der Waals surface area contributed by atoms with Gasteiger partial charge in [0.05, 0.1) is 10.6 Å². The fourth-order valence-electron chi connectivity index (χ4n) is 2.88. The topological polar surface area (TPSA) is 63.4 Å². The van der Waals surface area contributed by atoms with Gasteiger partial charge in [0.15, 0.2) is 9.84 Å². The Hall–Kier alpha value is -0.910. The normalized spacial score (nSPS) is 21.8. The lowest BCUT2D eigenvalue weighted by atomic mass is 9.91. The Morgan fingerprint density at radius 1 is 1.35 bits per heavy atom. The highest BCUT2D eigenvalue weighted by Gasteiger charge is 2.33. The molecule has 1 aliphatic rings. The van der Waals surface area contributed by atoms with E-state index in [-0.39, 0.29) is 17.2 Å². The van der Waals surface area contributed by atoms with Crippen LogP contribution >= 0.6 is 0 Å². The summed E-state index contributed by atoms with van der Waals surface area (Å²) in [5.74, 6) is 0.224. The number of nitrogens with two attached hydrogens (primary N) is 1. The van der Waals surface area contributed by atoms with Crippen LogP contribution in [0.2, 0.25) is 0 Å². The Balaban J connectivity index is 2.31. The van der Waals surface area contributed by atoms with Gasteiger partial charge in [-0.05, 0) is 37.1 Å². The van der Waals surface area contributed by atoms with Crippen molar-refractivity contribution in [3.05, 3.63) is 29.8 Å². The minimum atomic E-state index is -3.11. The molecule has 2 N–H and O–H groups in total. The van der Waals surface area contributed by atoms with Crippen LogP contribution in [0.4, 0.5) is 0 Å². The van der Waals surface area contributed by atoms with E-state index in [1.54, 1.807) is 12.1 Å². The molecular formula is C15H24N2O2S. The van der Waals surface area contributed by atoms with Crippen LogP contribution in [0.3, 0.4) is 0 Å². The molecule has 0 spiro atoms. The predicted octanol–water partition coefficient (Wildman–Crippen LogP) is 1.82. The van der Waals surface area contributed by atoms with Gasteiger partial charge in [-0.2, -0.15) is 0 Å². The largest absolute Gasteiger partial charge is 0.330 e. The molecule has 1 unspecified atom stereocenters. The Morgan fingerprint density at radius 3 is 2.65 bits per heavy atom. The lowest BCUT2D eigenvalue weighted by molar-refractivity contribution is 0.158. The molecule has 112 valence electrons. The number of benzene rings is 1. The summed E-state index contributed by atoms with van der Waals surface area (Å²) in [4.78, 5) is 2.73. The standard InChI is InChI=1S/C15H24N2O2S/c1-15(2,10-16)11-17(3)13-8-9-20(18,19)14-7-5-4-6-12(13)14/h4-7,13H,8-11,16H2,1-3H3. The van der Waals surface area contributed by atoms with Crippen molar-refractivity contribution in [1.29, 1.82) is 0 Å². The average Bonchev–Trinajstić information content (AvgIpc) is 2.38. The molecule has 1 aromatic carbocycles. The second kappa shape index (κ2) is 5.47. The maximum Gasteiger partial charge on any atom is 0.178 e. The Labute approximate surface area is 121 Å². The molecule has 0 amide bonds. The van der Waals surface area contributed by atoms with E-state index in [4.69, 9.17) is 5.73 Å². The molecule has 1 aromatic rings. The molecule has 4 nitrogen and oxygen atoms in total. The monoisotopic (exact) mass is 296 g/mol. The Morgan fingerprint density at radius 2 is 2.00 bits per heavy atom. The minimum absolute atomic E-state index is 0.0278. The highest BCUT2D eigenvalue weighted by molar-refractivity contribution is 7.91. The van der Waals surface area contributed by atoms with Gasteiger partial charge in [0.1, 0.15) is 0 Å². The van der Waals surface area contributed by atoms with Crippen molar-refractivity contribution in [3.63, 3.8) is 0 Å². The molecule has 1 aliphatic heterocycles. The van der Waals surface area contributed by atoms with Gasteiger partial charge in [-0.1, -0.05) is 32.0 Å².